The van der Waals surface area contributed by atoms with E-state index < -0.39 is 0 Å². The second kappa shape index (κ2) is 9.01. The van der Waals surface area contributed by atoms with Crippen LogP contribution in [0.1, 0.15) is 18.7 Å². The van der Waals surface area contributed by atoms with Crippen molar-refractivity contribution in [2.45, 2.75) is 19.3 Å². The van der Waals surface area contributed by atoms with Crippen molar-refractivity contribution in [3.8, 4) is 11.4 Å². The summed E-state index contributed by atoms with van der Waals surface area (Å²) >= 11 is 5.96. The first kappa shape index (κ1) is 18.7. The summed E-state index contributed by atoms with van der Waals surface area (Å²) in [5.41, 5.74) is 0.811. The van der Waals surface area contributed by atoms with E-state index in [0.717, 1.165) is 31.5 Å². The third-order valence-electron chi connectivity index (χ3n) is 3.90. The van der Waals surface area contributed by atoms with Crippen LogP contribution in [-0.2, 0) is 11.2 Å². The van der Waals surface area contributed by atoms with Gasteiger partial charge >= 0.3 is 0 Å². The molecule has 1 fully saturated rings. The van der Waals surface area contributed by atoms with Crippen LogP contribution in [0.15, 0.2) is 28.8 Å². The molecular formula is C16H20Cl2N4O2. The van der Waals surface area contributed by atoms with E-state index in [1.54, 1.807) is 12.1 Å². The maximum Gasteiger partial charge on any atom is 0.228 e. The molecule has 6 nitrogen and oxygen atoms in total. The van der Waals surface area contributed by atoms with Crippen molar-refractivity contribution in [1.29, 1.82) is 0 Å². The fraction of sp³-hybridized carbons (Fsp3) is 0.438. The summed E-state index contributed by atoms with van der Waals surface area (Å²) in [4.78, 5) is 16.4. The van der Waals surface area contributed by atoms with Gasteiger partial charge in [0, 0.05) is 29.5 Å². The standard InChI is InChI=1S/C16H19ClN4O2.ClH/c17-13-3-1-2-12(10-13)15-20-14(23-21-15)6-9-19-16(22)11-4-7-18-8-5-11;/h1-3,10-11,18H,4-9H2,(H,19,22);1H. The number of carbonyl (C=O) groups excluding carboxylic acids is 1. The van der Waals surface area contributed by atoms with E-state index in [9.17, 15) is 4.79 Å². The van der Waals surface area contributed by atoms with Gasteiger partial charge in [0.1, 0.15) is 0 Å². The Hall–Kier alpha value is -1.63. The maximum atomic E-state index is 12.0. The van der Waals surface area contributed by atoms with Crippen LogP contribution in [0.25, 0.3) is 11.4 Å². The van der Waals surface area contributed by atoms with E-state index in [1.807, 2.05) is 12.1 Å². The van der Waals surface area contributed by atoms with E-state index in [1.165, 1.54) is 0 Å². The first-order valence-corrected chi connectivity index (χ1v) is 8.17. The second-order valence-corrected chi connectivity index (χ2v) is 6.02. The number of benzene rings is 1. The molecule has 130 valence electrons. The molecule has 0 saturated carbocycles. The highest BCUT2D eigenvalue weighted by molar-refractivity contribution is 6.30. The van der Waals surface area contributed by atoms with Crippen LogP contribution in [0.4, 0.5) is 0 Å². The van der Waals surface area contributed by atoms with Gasteiger partial charge in [-0.05, 0) is 38.1 Å². The average molecular weight is 371 g/mol. The molecule has 0 atom stereocenters. The van der Waals surface area contributed by atoms with E-state index in [-0.39, 0.29) is 24.2 Å². The van der Waals surface area contributed by atoms with Gasteiger partial charge < -0.3 is 15.2 Å². The van der Waals surface area contributed by atoms with Gasteiger partial charge in [-0.2, -0.15) is 4.98 Å². The average Bonchev–Trinajstić information content (AvgIpc) is 3.04. The number of hydrogen-bond acceptors (Lipinski definition) is 5. The third kappa shape index (κ3) is 4.93. The third-order valence-corrected chi connectivity index (χ3v) is 4.13. The summed E-state index contributed by atoms with van der Waals surface area (Å²) in [5.74, 6) is 1.24. The number of hydrogen-bond donors (Lipinski definition) is 2. The lowest BCUT2D eigenvalue weighted by molar-refractivity contribution is -0.125. The molecule has 0 bridgehead atoms. The Morgan fingerprint density at radius 3 is 2.92 bits per heavy atom. The van der Waals surface area contributed by atoms with Gasteiger partial charge in [0.05, 0.1) is 0 Å². The minimum absolute atomic E-state index is 0. The number of halogens is 2. The van der Waals surface area contributed by atoms with Crippen LogP contribution in [-0.4, -0.2) is 35.7 Å². The Balaban J connectivity index is 0.00000208. The van der Waals surface area contributed by atoms with Crippen molar-refractivity contribution >= 4 is 29.9 Å². The first-order chi connectivity index (χ1) is 11.2. The van der Waals surface area contributed by atoms with Crippen molar-refractivity contribution in [1.82, 2.24) is 20.8 Å². The topological polar surface area (TPSA) is 80.1 Å². The molecule has 8 heteroatoms. The molecule has 2 aromatic rings. The lowest BCUT2D eigenvalue weighted by atomic mass is 9.97. The Morgan fingerprint density at radius 1 is 1.38 bits per heavy atom. The number of amides is 1. The zero-order valence-electron chi connectivity index (χ0n) is 13.1. The molecule has 2 N–H and O–H groups in total. The zero-order chi connectivity index (χ0) is 16.1. The highest BCUT2D eigenvalue weighted by Crippen LogP contribution is 2.20. The molecule has 1 aliphatic rings. The summed E-state index contributed by atoms with van der Waals surface area (Å²) in [6.45, 7) is 2.31. The van der Waals surface area contributed by atoms with Gasteiger partial charge in [-0.15, -0.1) is 12.4 Å². The molecule has 2 heterocycles. The van der Waals surface area contributed by atoms with Gasteiger partial charge in [-0.25, -0.2) is 0 Å². The maximum absolute atomic E-state index is 12.0. The van der Waals surface area contributed by atoms with Crippen molar-refractivity contribution in [3.05, 3.63) is 35.2 Å². The second-order valence-electron chi connectivity index (χ2n) is 5.59. The van der Waals surface area contributed by atoms with Crippen molar-refractivity contribution in [2.75, 3.05) is 19.6 Å². The highest BCUT2D eigenvalue weighted by atomic mass is 35.5. The van der Waals surface area contributed by atoms with Gasteiger partial charge in [0.2, 0.25) is 17.6 Å². The Kier molecular flexibility index (Phi) is 7.02. The number of nitrogens with one attached hydrogen (secondary N) is 2. The lowest BCUT2D eigenvalue weighted by Gasteiger charge is -2.21. The van der Waals surface area contributed by atoms with E-state index in [0.29, 0.717) is 29.7 Å². The monoisotopic (exact) mass is 370 g/mol. The summed E-state index contributed by atoms with van der Waals surface area (Å²) in [6, 6.07) is 7.30. The molecule has 0 radical (unpaired) electrons. The summed E-state index contributed by atoms with van der Waals surface area (Å²) < 4.78 is 5.22. The van der Waals surface area contributed by atoms with Crippen molar-refractivity contribution in [3.63, 3.8) is 0 Å². The molecule has 1 amide bonds. The Morgan fingerprint density at radius 2 is 2.17 bits per heavy atom. The van der Waals surface area contributed by atoms with Crippen LogP contribution in [0.5, 0.6) is 0 Å². The normalized spacial score (nSPS) is 14.9. The minimum atomic E-state index is 0. The first-order valence-electron chi connectivity index (χ1n) is 7.79. The molecule has 0 spiro atoms. The molecular weight excluding hydrogens is 351 g/mol. The molecule has 1 saturated heterocycles. The van der Waals surface area contributed by atoms with Crippen LogP contribution >= 0.6 is 24.0 Å². The van der Waals surface area contributed by atoms with Gasteiger partial charge in [-0.1, -0.05) is 28.9 Å². The molecule has 1 aromatic carbocycles. The minimum Gasteiger partial charge on any atom is -0.355 e. The quantitative estimate of drug-likeness (QED) is 0.844. The van der Waals surface area contributed by atoms with Gasteiger partial charge in [0.25, 0.3) is 0 Å². The summed E-state index contributed by atoms with van der Waals surface area (Å²) in [5, 5.41) is 10.8. The van der Waals surface area contributed by atoms with Crippen LogP contribution in [0.3, 0.4) is 0 Å². The fourth-order valence-electron chi connectivity index (χ4n) is 2.62. The SMILES string of the molecule is Cl.O=C(NCCc1nc(-c2cccc(Cl)c2)no1)C1CCNCC1. The van der Waals surface area contributed by atoms with Crippen molar-refractivity contribution in [2.24, 2.45) is 5.92 Å². The highest BCUT2D eigenvalue weighted by Gasteiger charge is 2.20. The van der Waals surface area contributed by atoms with E-state index >= 15 is 0 Å². The smallest absolute Gasteiger partial charge is 0.228 e. The van der Waals surface area contributed by atoms with E-state index in [2.05, 4.69) is 20.8 Å². The molecule has 24 heavy (non-hydrogen) atoms. The predicted octanol–water partition coefficient (Wildman–Crippen LogP) is 2.47. The number of rotatable bonds is 5. The number of piperidine rings is 1. The van der Waals surface area contributed by atoms with Gasteiger partial charge in [0.15, 0.2) is 0 Å². The van der Waals surface area contributed by atoms with Crippen molar-refractivity contribution < 1.29 is 9.32 Å². The van der Waals surface area contributed by atoms with Gasteiger partial charge in [-0.3, -0.25) is 4.79 Å². The molecule has 0 unspecified atom stereocenters. The fourth-order valence-corrected chi connectivity index (χ4v) is 2.81. The summed E-state index contributed by atoms with van der Waals surface area (Å²) in [6.07, 6.45) is 2.31. The molecule has 1 aliphatic heterocycles. The van der Waals surface area contributed by atoms with Crippen LogP contribution in [0.2, 0.25) is 5.02 Å². The largest absolute Gasteiger partial charge is 0.355 e. The van der Waals surface area contributed by atoms with Crippen LogP contribution in [0, 0.1) is 5.92 Å². The number of nitrogens with zero attached hydrogens (tertiary/aromatic N) is 2. The number of aromatic nitrogens is 2. The molecule has 0 aliphatic carbocycles. The lowest BCUT2D eigenvalue weighted by Crippen LogP contribution is -2.38. The Labute approximate surface area is 151 Å². The number of carbonyl (C=O) groups is 1. The molecule has 1 aromatic heterocycles. The Bertz CT molecular complexity index is 672. The van der Waals surface area contributed by atoms with Crippen LogP contribution < -0.4 is 10.6 Å². The molecule has 3 rings (SSSR count). The van der Waals surface area contributed by atoms with E-state index in [4.69, 9.17) is 16.1 Å². The predicted molar refractivity (Wildman–Crippen MR) is 94.3 cm³/mol. The zero-order valence-corrected chi connectivity index (χ0v) is 14.7. The summed E-state index contributed by atoms with van der Waals surface area (Å²) in [7, 11) is 0.